The Morgan fingerprint density at radius 2 is 2.05 bits per heavy atom. The fraction of sp³-hybridized carbons (Fsp3) is 0.133. The van der Waals surface area contributed by atoms with E-state index in [0.29, 0.717) is 17.7 Å². The second-order valence-corrected chi connectivity index (χ2v) is 4.18. The van der Waals surface area contributed by atoms with Crippen LogP contribution in [0.1, 0.15) is 21.5 Å². The normalized spacial score (nSPS) is 9.68. The van der Waals surface area contributed by atoms with Gasteiger partial charge in [-0.25, -0.2) is 0 Å². The van der Waals surface area contributed by atoms with Gasteiger partial charge in [-0.1, -0.05) is 30.3 Å². The van der Waals surface area contributed by atoms with Crippen LogP contribution in [0, 0.1) is 11.3 Å². The highest BCUT2D eigenvalue weighted by molar-refractivity contribution is 5.96. The summed E-state index contributed by atoms with van der Waals surface area (Å²) >= 11 is 0. The van der Waals surface area contributed by atoms with Crippen LogP contribution < -0.4 is 0 Å². The fourth-order valence-electron chi connectivity index (χ4n) is 1.80. The van der Waals surface area contributed by atoms with E-state index in [4.69, 9.17) is 5.26 Å². The lowest BCUT2D eigenvalue weighted by molar-refractivity contribution is 0.0784. The van der Waals surface area contributed by atoms with Gasteiger partial charge in [0.2, 0.25) is 0 Å². The number of rotatable bonds is 3. The first-order valence-electron chi connectivity index (χ1n) is 5.86. The maximum Gasteiger partial charge on any atom is 0.256 e. The fourth-order valence-corrected chi connectivity index (χ4v) is 1.80. The largest absolute Gasteiger partial charge is 0.337 e. The van der Waals surface area contributed by atoms with Crippen LogP contribution in [0.15, 0.2) is 48.8 Å². The molecule has 1 heterocycles. The van der Waals surface area contributed by atoms with Crippen molar-refractivity contribution >= 4 is 5.91 Å². The number of carbonyl (C=O) groups excluding carboxylic acids is 1. The third kappa shape index (κ3) is 2.96. The zero-order valence-corrected chi connectivity index (χ0v) is 10.6. The molecule has 19 heavy (non-hydrogen) atoms. The van der Waals surface area contributed by atoms with Crippen LogP contribution in [0.2, 0.25) is 0 Å². The van der Waals surface area contributed by atoms with Crippen LogP contribution in [0.3, 0.4) is 0 Å². The van der Waals surface area contributed by atoms with E-state index in [-0.39, 0.29) is 5.91 Å². The Morgan fingerprint density at radius 3 is 2.74 bits per heavy atom. The Morgan fingerprint density at radius 1 is 1.32 bits per heavy atom. The van der Waals surface area contributed by atoms with Gasteiger partial charge in [0.1, 0.15) is 6.07 Å². The minimum absolute atomic E-state index is 0.200. The van der Waals surface area contributed by atoms with Crippen molar-refractivity contribution < 1.29 is 4.79 Å². The van der Waals surface area contributed by atoms with Gasteiger partial charge < -0.3 is 4.90 Å². The predicted molar refractivity (Wildman–Crippen MR) is 71.2 cm³/mol. The molecule has 0 spiro atoms. The molecule has 0 aliphatic rings. The summed E-state index contributed by atoms with van der Waals surface area (Å²) in [6.07, 6.45) is 2.94. The lowest BCUT2D eigenvalue weighted by Gasteiger charge is -2.17. The highest BCUT2D eigenvalue weighted by atomic mass is 16.2. The second-order valence-electron chi connectivity index (χ2n) is 4.18. The molecule has 0 radical (unpaired) electrons. The monoisotopic (exact) mass is 251 g/mol. The van der Waals surface area contributed by atoms with Crippen molar-refractivity contribution in [1.82, 2.24) is 9.88 Å². The molecule has 4 heteroatoms. The van der Waals surface area contributed by atoms with E-state index in [0.717, 1.165) is 5.56 Å². The molecule has 0 fully saturated rings. The summed E-state index contributed by atoms with van der Waals surface area (Å²) in [6.45, 7) is 0.499. The van der Waals surface area contributed by atoms with E-state index in [2.05, 4.69) is 4.98 Å². The molecular weight excluding hydrogens is 238 g/mol. The average Bonchev–Trinajstić information content (AvgIpc) is 2.47. The van der Waals surface area contributed by atoms with E-state index in [1.165, 1.54) is 12.4 Å². The molecule has 0 unspecified atom stereocenters. The molecule has 1 aromatic heterocycles. The number of amides is 1. The maximum absolute atomic E-state index is 12.3. The van der Waals surface area contributed by atoms with Crippen LogP contribution >= 0.6 is 0 Å². The Hall–Kier alpha value is -2.67. The molecule has 0 bridgehead atoms. The predicted octanol–water partition coefficient (Wildman–Crippen LogP) is 2.23. The second kappa shape index (κ2) is 5.78. The molecule has 2 aromatic rings. The summed E-state index contributed by atoms with van der Waals surface area (Å²) in [7, 11) is 1.71. The zero-order chi connectivity index (χ0) is 13.7. The number of carbonyl (C=O) groups is 1. The summed E-state index contributed by atoms with van der Waals surface area (Å²) in [4.78, 5) is 17.7. The van der Waals surface area contributed by atoms with Crippen LogP contribution in [0.4, 0.5) is 0 Å². The first kappa shape index (κ1) is 12.8. The minimum Gasteiger partial charge on any atom is -0.337 e. The first-order valence-corrected chi connectivity index (χ1v) is 5.86. The number of nitriles is 1. The van der Waals surface area contributed by atoms with E-state index in [9.17, 15) is 4.79 Å². The van der Waals surface area contributed by atoms with Gasteiger partial charge in [0, 0.05) is 26.0 Å². The van der Waals surface area contributed by atoms with Crippen LogP contribution in [0.25, 0.3) is 0 Å². The van der Waals surface area contributed by atoms with Crippen molar-refractivity contribution in [2.45, 2.75) is 6.54 Å². The summed E-state index contributed by atoms with van der Waals surface area (Å²) in [6, 6.07) is 13.3. The van der Waals surface area contributed by atoms with Gasteiger partial charge in [0.15, 0.2) is 0 Å². The number of hydrogen-bond acceptors (Lipinski definition) is 3. The van der Waals surface area contributed by atoms with Crippen LogP contribution in [-0.4, -0.2) is 22.8 Å². The van der Waals surface area contributed by atoms with Gasteiger partial charge in [-0.3, -0.25) is 9.78 Å². The van der Waals surface area contributed by atoms with Crippen molar-refractivity contribution in [1.29, 1.82) is 5.26 Å². The highest BCUT2D eigenvalue weighted by Crippen LogP contribution is 2.11. The molecule has 0 aliphatic carbocycles. The summed E-state index contributed by atoms with van der Waals surface area (Å²) in [5.41, 5.74) is 1.73. The third-order valence-electron chi connectivity index (χ3n) is 2.78. The van der Waals surface area contributed by atoms with Gasteiger partial charge in [-0.05, 0) is 11.6 Å². The average molecular weight is 251 g/mol. The highest BCUT2D eigenvalue weighted by Gasteiger charge is 2.15. The Labute approximate surface area is 111 Å². The molecule has 0 aliphatic heterocycles. The standard InChI is InChI=1S/C15H13N3O/c1-18(11-12-5-3-2-4-6-12)15(19)14-10-17-8-7-13(14)9-16/h2-8,10H,11H2,1H3. The number of hydrogen-bond donors (Lipinski definition) is 0. The number of aromatic nitrogens is 1. The van der Waals surface area contributed by atoms with Crippen LogP contribution in [0.5, 0.6) is 0 Å². The molecule has 0 saturated carbocycles. The summed E-state index contributed by atoms with van der Waals surface area (Å²) < 4.78 is 0. The number of benzene rings is 1. The van der Waals surface area contributed by atoms with Crippen molar-refractivity contribution in [2.24, 2.45) is 0 Å². The number of nitrogens with zero attached hydrogens (tertiary/aromatic N) is 3. The van der Waals surface area contributed by atoms with Gasteiger partial charge in [-0.15, -0.1) is 0 Å². The van der Waals surface area contributed by atoms with Crippen molar-refractivity contribution in [2.75, 3.05) is 7.05 Å². The molecule has 0 saturated heterocycles. The van der Waals surface area contributed by atoms with E-state index in [1.807, 2.05) is 36.4 Å². The van der Waals surface area contributed by atoms with Gasteiger partial charge >= 0.3 is 0 Å². The number of pyridine rings is 1. The molecule has 0 atom stereocenters. The Kier molecular flexibility index (Phi) is 3.89. The van der Waals surface area contributed by atoms with Crippen molar-refractivity contribution in [3.05, 3.63) is 65.5 Å². The van der Waals surface area contributed by atoms with Gasteiger partial charge in [-0.2, -0.15) is 5.26 Å². The topological polar surface area (TPSA) is 57.0 Å². The SMILES string of the molecule is CN(Cc1ccccc1)C(=O)c1cnccc1C#N. The molecular formula is C15H13N3O. The van der Waals surface area contributed by atoms with E-state index >= 15 is 0 Å². The van der Waals surface area contributed by atoms with E-state index < -0.39 is 0 Å². The summed E-state index contributed by atoms with van der Waals surface area (Å²) in [5, 5.41) is 8.99. The van der Waals surface area contributed by atoms with Gasteiger partial charge in [0.25, 0.3) is 5.91 Å². The Balaban J connectivity index is 2.18. The molecule has 2 rings (SSSR count). The third-order valence-corrected chi connectivity index (χ3v) is 2.78. The quantitative estimate of drug-likeness (QED) is 0.840. The smallest absolute Gasteiger partial charge is 0.256 e. The lowest BCUT2D eigenvalue weighted by Crippen LogP contribution is -2.27. The lowest BCUT2D eigenvalue weighted by atomic mass is 10.1. The van der Waals surface area contributed by atoms with Crippen LogP contribution in [-0.2, 0) is 6.54 Å². The molecule has 1 amide bonds. The zero-order valence-electron chi connectivity index (χ0n) is 10.6. The summed E-state index contributed by atoms with van der Waals surface area (Å²) in [5.74, 6) is -0.200. The molecule has 4 nitrogen and oxygen atoms in total. The van der Waals surface area contributed by atoms with Crippen molar-refractivity contribution in [3.8, 4) is 6.07 Å². The molecule has 1 aromatic carbocycles. The molecule has 0 N–H and O–H groups in total. The van der Waals surface area contributed by atoms with E-state index in [1.54, 1.807) is 18.0 Å². The minimum atomic E-state index is -0.200. The van der Waals surface area contributed by atoms with Gasteiger partial charge in [0.05, 0.1) is 11.1 Å². The molecule has 94 valence electrons. The maximum atomic E-state index is 12.3. The Bertz CT molecular complexity index is 617. The first-order chi connectivity index (χ1) is 9.22. The van der Waals surface area contributed by atoms with Crippen molar-refractivity contribution in [3.63, 3.8) is 0 Å².